The van der Waals surface area contributed by atoms with Crippen molar-refractivity contribution in [3.63, 3.8) is 0 Å². The van der Waals surface area contributed by atoms with Gasteiger partial charge in [-0.3, -0.25) is 0 Å². The van der Waals surface area contributed by atoms with Crippen molar-refractivity contribution >= 4 is 33.3 Å². The average molecular weight is 313 g/mol. The maximum absolute atomic E-state index is 11.2. The van der Waals surface area contributed by atoms with E-state index in [1.54, 1.807) is 0 Å². The van der Waals surface area contributed by atoms with Crippen LogP contribution in [0.4, 0.5) is 8.78 Å². The summed E-state index contributed by atoms with van der Waals surface area (Å²) in [7, 11) is 0. The van der Waals surface area contributed by atoms with E-state index in [0.717, 1.165) is 0 Å². The maximum Gasteiger partial charge on any atom is 1.00 e. The largest absolute Gasteiger partial charge is 1.00 e. The molecule has 1 atom stereocenters. The quantitative estimate of drug-likeness (QED) is 0.592. The van der Waals surface area contributed by atoms with Gasteiger partial charge in [-0.05, 0) is 0 Å². The van der Waals surface area contributed by atoms with E-state index < -0.39 is 18.8 Å². The van der Waals surface area contributed by atoms with Crippen LogP contribution in [0.25, 0.3) is 0 Å². The monoisotopic (exact) mass is 314 g/mol. The first-order valence-electron chi connectivity index (χ1n) is 1.59. The third-order valence-electron chi connectivity index (χ3n) is 0.391. The number of carboxylic acids is 1. The van der Waals surface area contributed by atoms with Crippen LogP contribution in [0.1, 0.15) is 0 Å². The molecule has 0 aromatic heterocycles. The van der Waals surface area contributed by atoms with Crippen molar-refractivity contribution in [1.82, 2.24) is 0 Å². The van der Waals surface area contributed by atoms with Crippen LogP contribution in [0.2, 0.25) is 0 Å². The Kier molecular flexibility index (Phi) is 7.48. The van der Waals surface area contributed by atoms with Crippen molar-refractivity contribution in [2.45, 2.75) is 6.17 Å². The molecule has 8 heavy (non-hydrogen) atoms. The molecule has 0 saturated carbocycles. The van der Waals surface area contributed by atoms with Crippen LogP contribution in [0.15, 0.2) is 0 Å². The van der Waals surface area contributed by atoms with Gasteiger partial charge in [0.2, 0.25) is 0 Å². The Hall–Kier alpha value is 0.252. The molecule has 0 N–H and O–H groups in total. The van der Waals surface area contributed by atoms with Gasteiger partial charge in [-0.2, -0.15) is 0 Å². The van der Waals surface area contributed by atoms with Crippen molar-refractivity contribution in [2.75, 3.05) is 6.67 Å². The average Bonchev–Trinajstić information content (AvgIpc) is 1.65. The van der Waals surface area contributed by atoms with Crippen molar-refractivity contribution in [1.29, 1.82) is 0 Å². The van der Waals surface area contributed by atoms with Crippen molar-refractivity contribution < 1.29 is 18.7 Å². The topological polar surface area (TPSA) is 40.1 Å². The van der Waals surface area contributed by atoms with E-state index in [9.17, 15) is 18.7 Å². The molecule has 0 bridgehead atoms. The van der Waals surface area contributed by atoms with Crippen LogP contribution in [-0.2, 0) is 4.79 Å². The molecular weight excluding hydrogens is 310 g/mol. The standard InChI is InChI=1S/C3H4F2O2.Tl/c4-1-2(5)3(6)7;/h2H,1H2,(H,6,7);/q;+1/p-1. The molecule has 5 heteroatoms. The van der Waals surface area contributed by atoms with Gasteiger partial charge in [-0.15, -0.1) is 0 Å². The van der Waals surface area contributed by atoms with Gasteiger partial charge in [-0.1, -0.05) is 0 Å². The van der Waals surface area contributed by atoms with Crippen LogP contribution in [0, 0.1) is 0 Å². The zero-order valence-electron chi connectivity index (χ0n) is 3.93. The van der Waals surface area contributed by atoms with Gasteiger partial charge in [-0.25, -0.2) is 8.78 Å². The Labute approximate surface area is 65.0 Å². The molecule has 0 aromatic carbocycles. The molecule has 0 spiro atoms. The van der Waals surface area contributed by atoms with E-state index in [2.05, 4.69) is 0 Å². The van der Waals surface area contributed by atoms with Gasteiger partial charge in [0, 0.05) is 0 Å². The number of alkyl halides is 2. The number of aliphatic carboxylic acids is 1. The Morgan fingerprint density at radius 2 is 2.12 bits per heavy atom. The number of carboxylic acid groups (broad SMARTS) is 1. The number of halogens is 2. The number of hydrogen-bond acceptors (Lipinski definition) is 2. The SMILES string of the molecule is O=C([O-])C(F)CF.[Tl+]. The minimum Gasteiger partial charge on any atom is -0.547 e. The minimum atomic E-state index is -2.46. The van der Waals surface area contributed by atoms with Gasteiger partial charge in [0.1, 0.15) is 6.67 Å². The van der Waals surface area contributed by atoms with Gasteiger partial charge in [0.15, 0.2) is 6.17 Å². The van der Waals surface area contributed by atoms with Crippen LogP contribution < -0.4 is 5.11 Å². The fourth-order valence-electron chi connectivity index (χ4n) is 0.0630. The third-order valence-corrected chi connectivity index (χ3v) is 0.391. The molecule has 0 aliphatic carbocycles. The zero-order chi connectivity index (χ0) is 5.86. The second kappa shape index (κ2) is 5.39. The molecule has 1 unspecified atom stereocenters. The van der Waals surface area contributed by atoms with Crippen LogP contribution in [-0.4, -0.2) is 46.1 Å². The summed E-state index contributed by atoms with van der Waals surface area (Å²) in [4.78, 5) is 9.20. The Morgan fingerprint density at radius 1 is 1.75 bits per heavy atom. The third kappa shape index (κ3) is 4.41. The summed E-state index contributed by atoms with van der Waals surface area (Å²) in [6.45, 7) is -1.51. The Balaban J connectivity index is 0. The predicted octanol–water partition coefficient (Wildman–Crippen LogP) is -1.34. The number of carbonyl (C=O) groups is 1. The van der Waals surface area contributed by atoms with Crippen LogP contribution >= 0.6 is 0 Å². The number of hydrogen-bond donors (Lipinski definition) is 0. The predicted molar refractivity (Wildman–Crippen MR) is 21.6 cm³/mol. The minimum absolute atomic E-state index is 0. The molecule has 0 fully saturated rings. The second-order valence-corrected chi connectivity index (χ2v) is 0.941. The molecule has 0 heterocycles. The summed E-state index contributed by atoms with van der Waals surface area (Å²) in [5.74, 6) is -2.00. The molecular formula is C3H3F2O2Tl. The molecule has 0 amide bonds. The molecule has 0 aliphatic rings. The fraction of sp³-hybridized carbons (Fsp3) is 0.667. The molecule has 0 aliphatic heterocycles. The van der Waals surface area contributed by atoms with Crippen molar-refractivity contribution in [3.8, 4) is 0 Å². The van der Waals surface area contributed by atoms with E-state index in [-0.39, 0.29) is 27.3 Å². The van der Waals surface area contributed by atoms with E-state index >= 15 is 0 Å². The summed E-state index contributed by atoms with van der Waals surface area (Å²) in [5.41, 5.74) is 0. The maximum atomic E-state index is 11.2. The first-order chi connectivity index (χ1) is 3.18. The number of rotatable bonds is 2. The summed E-state index contributed by atoms with van der Waals surface area (Å²) in [6.07, 6.45) is -2.46. The summed E-state index contributed by atoms with van der Waals surface area (Å²) >= 11 is 0. The van der Waals surface area contributed by atoms with E-state index in [1.165, 1.54) is 0 Å². The Bertz CT molecular complexity index is 77.7. The van der Waals surface area contributed by atoms with Gasteiger partial charge < -0.3 is 9.90 Å². The molecule has 0 saturated heterocycles. The van der Waals surface area contributed by atoms with Crippen molar-refractivity contribution in [3.05, 3.63) is 0 Å². The van der Waals surface area contributed by atoms with Gasteiger partial charge >= 0.3 is 27.3 Å². The second-order valence-electron chi connectivity index (χ2n) is 0.941. The summed E-state index contributed by atoms with van der Waals surface area (Å²) < 4.78 is 22.1. The summed E-state index contributed by atoms with van der Waals surface area (Å²) in [6, 6.07) is 0. The zero-order valence-corrected chi connectivity index (χ0v) is 8.42. The summed E-state index contributed by atoms with van der Waals surface area (Å²) in [5, 5.41) is 9.20. The Morgan fingerprint density at radius 3 is 2.12 bits per heavy atom. The van der Waals surface area contributed by atoms with E-state index in [1.807, 2.05) is 0 Å². The molecule has 0 radical (unpaired) electrons. The number of carbonyl (C=O) groups excluding carboxylic acids is 1. The molecule has 0 rings (SSSR count). The van der Waals surface area contributed by atoms with Crippen LogP contribution in [0.5, 0.6) is 0 Å². The van der Waals surface area contributed by atoms with Crippen LogP contribution in [0.3, 0.4) is 0 Å². The first-order valence-corrected chi connectivity index (χ1v) is 1.59. The van der Waals surface area contributed by atoms with E-state index in [4.69, 9.17) is 0 Å². The normalized spacial score (nSPS) is 11.8. The fourth-order valence-corrected chi connectivity index (χ4v) is 0.0630. The first kappa shape index (κ1) is 11.1. The molecule has 2 nitrogen and oxygen atoms in total. The van der Waals surface area contributed by atoms with Gasteiger partial charge in [0.25, 0.3) is 0 Å². The van der Waals surface area contributed by atoms with Crippen molar-refractivity contribution in [2.24, 2.45) is 0 Å². The smallest absolute Gasteiger partial charge is 0.547 e. The van der Waals surface area contributed by atoms with Gasteiger partial charge in [0.05, 0.1) is 5.97 Å². The molecule has 44 valence electrons. The molecule has 0 aromatic rings. The van der Waals surface area contributed by atoms with E-state index in [0.29, 0.717) is 0 Å².